The molecular weight excluding hydrogens is 462 g/mol. The number of hydrogen-bond acceptors (Lipinski definition) is 4. The number of amides is 3. The smallest absolute Gasteiger partial charge is 0.407 e. The molecule has 36 heavy (non-hydrogen) atoms. The zero-order chi connectivity index (χ0) is 28.0. The van der Waals surface area contributed by atoms with Crippen molar-refractivity contribution in [2.75, 3.05) is 7.05 Å². The number of aliphatic carboxylic acids is 1. The average Bonchev–Trinajstić information content (AvgIpc) is 2.76. The summed E-state index contributed by atoms with van der Waals surface area (Å²) in [5, 5.41) is 24.6. The summed E-state index contributed by atoms with van der Waals surface area (Å²) in [6.45, 7) is 14.1. The van der Waals surface area contributed by atoms with Crippen LogP contribution in [-0.4, -0.2) is 64.2 Å². The van der Waals surface area contributed by atoms with E-state index >= 15 is 0 Å². The fraction of sp³-hybridized carbons (Fsp3) is 0.556. The van der Waals surface area contributed by atoms with Gasteiger partial charge in [-0.15, -0.1) is 0 Å². The fourth-order valence-corrected chi connectivity index (χ4v) is 4.01. The molecule has 0 aromatic heterocycles. The molecule has 0 spiro atoms. The monoisotopic (exact) mass is 503 g/mol. The van der Waals surface area contributed by atoms with Gasteiger partial charge in [-0.05, 0) is 23.8 Å². The number of carbonyl (C=O) groups excluding carboxylic acids is 2. The van der Waals surface area contributed by atoms with E-state index in [-0.39, 0.29) is 11.5 Å². The van der Waals surface area contributed by atoms with Crippen LogP contribution in [0, 0.1) is 11.3 Å². The summed E-state index contributed by atoms with van der Waals surface area (Å²) in [7, 11) is 1.33. The molecule has 0 bridgehead atoms. The lowest BCUT2D eigenvalue weighted by molar-refractivity contribution is -0.135. The molecule has 9 nitrogen and oxygen atoms in total. The summed E-state index contributed by atoms with van der Waals surface area (Å²) < 4.78 is 0. The molecule has 9 heteroatoms. The minimum atomic E-state index is -1.27. The highest BCUT2D eigenvalue weighted by Crippen LogP contribution is 2.31. The molecule has 1 rings (SSSR count). The zero-order valence-electron chi connectivity index (χ0n) is 22.7. The minimum Gasteiger partial charge on any atom is -0.478 e. The van der Waals surface area contributed by atoms with Crippen LogP contribution in [-0.2, 0) is 19.8 Å². The van der Waals surface area contributed by atoms with E-state index in [0.29, 0.717) is 0 Å². The van der Waals surface area contributed by atoms with Gasteiger partial charge >= 0.3 is 12.1 Å². The molecule has 0 unspecified atom stereocenters. The van der Waals surface area contributed by atoms with Crippen LogP contribution in [0.3, 0.4) is 0 Å². The molecule has 0 heterocycles. The lowest BCUT2D eigenvalue weighted by Gasteiger charge is -2.40. The first-order valence-corrected chi connectivity index (χ1v) is 11.9. The van der Waals surface area contributed by atoms with Gasteiger partial charge in [0.2, 0.25) is 11.8 Å². The third kappa shape index (κ3) is 7.83. The van der Waals surface area contributed by atoms with E-state index in [2.05, 4.69) is 10.6 Å². The van der Waals surface area contributed by atoms with Crippen molar-refractivity contribution in [2.45, 2.75) is 78.9 Å². The number of nitrogens with one attached hydrogen (secondary N) is 2. The summed E-state index contributed by atoms with van der Waals surface area (Å²) in [5.41, 5.74) is -0.780. The molecule has 0 fully saturated rings. The van der Waals surface area contributed by atoms with Crippen LogP contribution in [0.4, 0.5) is 4.79 Å². The number of carboxylic acid groups (broad SMARTS) is 2. The van der Waals surface area contributed by atoms with Crippen molar-refractivity contribution in [3.8, 4) is 0 Å². The van der Waals surface area contributed by atoms with E-state index in [0.717, 1.165) is 10.5 Å². The number of benzene rings is 1. The number of carboxylic acids is 1. The lowest BCUT2D eigenvalue weighted by atomic mass is 9.76. The molecule has 3 amide bonds. The van der Waals surface area contributed by atoms with Gasteiger partial charge in [-0.2, -0.15) is 0 Å². The van der Waals surface area contributed by atoms with Crippen LogP contribution in [0.2, 0.25) is 0 Å². The highest BCUT2D eigenvalue weighted by molar-refractivity contribution is 5.93. The largest absolute Gasteiger partial charge is 0.478 e. The van der Waals surface area contributed by atoms with Crippen molar-refractivity contribution in [3.05, 3.63) is 47.5 Å². The Morgan fingerprint density at radius 3 is 1.86 bits per heavy atom. The fourth-order valence-electron chi connectivity index (χ4n) is 4.01. The van der Waals surface area contributed by atoms with E-state index in [1.165, 1.54) is 20.0 Å². The van der Waals surface area contributed by atoms with Gasteiger partial charge in [0.25, 0.3) is 0 Å². The standard InChI is InChI=1S/C27H41N3O6/c1-16(2)19(15-17(3)24(33)34)28-22(31)20(26(4,5)6)29-23(32)21(30(9)25(35)36)27(7,8)18-13-11-10-12-14-18/h10-16,19-21H,1-9H3,(H,28,31)(H,29,32)(H,33,34)(H,35,36)/b17-15+/t19-,20-,21-/m1/s1. The molecule has 200 valence electrons. The van der Waals surface area contributed by atoms with Gasteiger partial charge in [0, 0.05) is 18.0 Å². The summed E-state index contributed by atoms with van der Waals surface area (Å²) in [6, 6.07) is 6.40. The molecule has 0 aliphatic heterocycles. The Hall–Kier alpha value is -3.36. The number of hydrogen-bond donors (Lipinski definition) is 4. The van der Waals surface area contributed by atoms with Crippen molar-refractivity contribution in [1.29, 1.82) is 0 Å². The molecule has 3 atom stereocenters. The second-order valence-corrected chi connectivity index (χ2v) is 11.1. The number of rotatable bonds is 10. The number of carbonyl (C=O) groups is 4. The normalized spacial score (nSPS) is 15.0. The van der Waals surface area contributed by atoms with Crippen LogP contribution in [0.1, 0.15) is 61.0 Å². The topological polar surface area (TPSA) is 136 Å². The average molecular weight is 504 g/mol. The van der Waals surface area contributed by atoms with Gasteiger partial charge in [-0.1, -0.05) is 84.9 Å². The van der Waals surface area contributed by atoms with E-state index in [1.807, 2.05) is 44.2 Å². The van der Waals surface area contributed by atoms with Crippen molar-refractivity contribution in [2.24, 2.45) is 11.3 Å². The van der Waals surface area contributed by atoms with Gasteiger partial charge in [0.1, 0.15) is 12.1 Å². The van der Waals surface area contributed by atoms with Crippen LogP contribution in [0.25, 0.3) is 0 Å². The molecule has 0 aliphatic rings. The minimum absolute atomic E-state index is 0.0955. The van der Waals surface area contributed by atoms with Gasteiger partial charge in [0.15, 0.2) is 0 Å². The Balaban J connectivity index is 3.39. The highest BCUT2D eigenvalue weighted by Gasteiger charge is 2.44. The number of likely N-dealkylation sites (N-methyl/N-ethyl adjacent to an activating group) is 1. The first kappa shape index (κ1) is 30.7. The van der Waals surface area contributed by atoms with Crippen LogP contribution in [0.15, 0.2) is 42.0 Å². The SMILES string of the molecule is C/C(=C\[C@@H](NC(=O)[C@@H](NC(=O)[C@@H](N(C)C(=O)O)C(C)(C)c1ccccc1)C(C)(C)C)C(C)C)C(=O)O. The maximum atomic E-state index is 13.7. The maximum absolute atomic E-state index is 13.7. The van der Waals surface area contributed by atoms with E-state index in [4.69, 9.17) is 0 Å². The van der Waals surface area contributed by atoms with Crippen molar-refractivity contribution >= 4 is 23.9 Å². The summed E-state index contributed by atoms with van der Waals surface area (Å²) in [4.78, 5) is 51.3. The quantitative estimate of drug-likeness (QED) is 0.360. The van der Waals surface area contributed by atoms with Crippen LogP contribution < -0.4 is 10.6 Å². The highest BCUT2D eigenvalue weighted by atomic mass is 16.4. The van der Waals surface area contributed by atoms with Crippen LogP contribution >= 0.6 is 0 Å². The van der Waals surface area contributed by atoms with Gasteiger partial charge < -0.3 is 20.8 Å². The maximum Gasteiger partial charge on any atom is 0.407 e. The third-order valence-electron chi connectivity index (χ3n) is 6.35. The molecular formula is C27H41N3O6. The summed E-state index contributed by atoms with van der Waals surface area (Å²) in [5.74, 6) is -2.29. The summed E-state index contributed by atoms with van der Waals surface area (Å²) in [6.07, 6.45) is 0.205. The molecule has 1 aromatic carbocycles. The molecule has 0 saturated carbocycles. The first-order chi connectivity index (χ1) is 16.4. The summed E-state index contributed by atoms with van der Waals surface area (Å²) >= 11 is 0. The van der Waals surface area contributed by atoms with Crippen molar-refractivity contribution in [1.82, 2.24) is 15.5 Å². The van der Waals surface area contributed by atoms with Gasteiger partial charge in [-0.3, -0.25) is 14.5 Å². The Labute approximate surface area is 213 Å². The molecule has 0 aliphatic carbocycles. The van der Waals surface area contributed by atoms with Gasteiger partial charge in [0.05, 0.1) is 6.04 Å². The Kier molecular flexibility index (Phi) is 10.3. The Morgan fingerprint density at radius 1 is 0.917 bits per heavy atom. The lowest BCUT2D eigenvalue weighted by Crippen LogP contribution is -2.62. The van der Waals surface area contributed by atoms with E-state index in [1.54, 1.807) is 34.6 Å². The first-order valence-electron chi connectivity index (χ1n) is 11.9. The zero-order valence-corrected chi connectivity index (χ0v) is 22.7. The van der Waals surface area contributed by atoms with Crippen LogP contribution in [0.5, 0.6) is 0 Å². The second kappa shape index (κ2) is 12.1. The van der Waals surface area contributed by atoms with E-state index in [9.17, 15) is 29.4 Å². The molecule has 1 aromatic rings. The predicted molar refractivity (Wildman–Crippen MR) is 139 cm³/mol. The number of nitrogens with zero attached hydrogens (tertiary/aromatic N) is 1. The third-order valence-corrected chi connectivity index (χ3v) is 6.35. The second-order valence-electron chi connectivity index (χ2n) is 11.1. The Bertz CT molecular complexity index is 979. The van der Waals surface area contributed by atoms with Crippen molar-refractivity contribution in [3.63, 3.8) is 0 Å². The Morgan fingerprint density at radius 2 is 1.44 bits per heavy atom. The van der Waals surface area contributed by atoms with Gasteiger partial charge in [-0.25, -0.2) is 9.59 Å². The predicted octanol–water partition coefficient (Wildman–Crippen LogP) is 3.65. The molecule has 4 N–H and O–H groups in total. The molecule has 0 radical (unpaired) electrons. The van der Waals surface area contributed by atoms with E-state index < -0.39 is 52.8 Å². The molecule has 0 saturated heterocycles. The van der Waals surface area contributed by atoms with Crippen molar-refractivity contribution < 1.29 is 29.4 Å².